The third-order valence-corrected chi connectivity index (χ3v) is 6.15. The molecule has 0 N–H and O–H groups in total. The van der Waals surface area contributed by atoms with Crippen LogP contribution in [0.4, 0.5) is 0 Å². The van der Waals surface area contributed by atoms with Crippen LogP contribution < -0.4 is 4.74 Å². The molecule has 0 unspecified atom stereocenters. The molecule has 1 aromatic heterocycles. The Morgan fingerprint density at radius 1 is 1.14 bits per heavy atom. The van der Waals surface area contributed by atoms with Gasteiger partial charge in [0, 0.05) is 13.1 Å². The highest BCUT2D eigenvalue weighted by atomic mass is 32.2. The van der Waals surface area contributed by atoms with Crippen LogP contribution in [0.5, 0.6) is 5.75 Å². The lowest BCUT2D eigenvalue weighted by molar-refractivity contribution is -0.129. The standard InChI is InChI=1S/C21H23N5O2S/c1-15-10-11-18(28-2)17(14-15)26-21(22-23-24-26)29-19(16-8-4-3-5-9-16)20(27)25-12-6-7-13-25/h3-5,8-11,14,19H,6-7,12-13H2,1-2H3/t19-/m1/s1. The van der Waals surface area contributed by atoms with Gasteiger partial charge in [-0.15, -0.1) is 5.10 Å². The molecule has 150 valence electrons. The van der Waals surface area contributed by atoms with Crippen molar-refractivity contribution in [1.29, 1.82) is 0 Å². The summed E-state index contributed by atoms with van der Waals surface area (Å²) in [4.78, 5) is 15.2. The van der Waals surface area contributed by atoms with E-state index in [1.165, 1.54) is 11.8 Å². The molecule has 0 saturated carbocycles. The van der Waals surface area contributed by atoms with E-state index in [0.717, 1.165) is 42.7 Å². The van der Waals surface area contributed by atoms with Crippen LogP contribution >= 0.6 is 11.8 Å². The normalized spacial score (nSPS) is 14.8. The Labute approximate surface area is 174 Å². The summed E-state index contributed by atoms with van der Waals surface area (Å²) in [6.07, 6.45) is 2.10. The van der Waals surface area contributed by atoms with E-state index in [4.69, 9.17) is 4.74 Å². The first kappa shape index (κ1) is 19.4. The van der Waals surface area contributed by atoms with Gasteiger partial charge in [-0.05, 0) is 53.5 Å². The zero-order chi connectivity index (χ0) is 20.2. The fourth-order valence-corrected chi connectivity index (χ4v) is 4.54. The Morgan fingerprint density at radius 3 is 2.62 bits per heavy atom. The zero-order valence-corrected chi connectivity index (χ0v) is 17.3. The maximum Gasteiger partial charge on any atom is 0.240 e. The van der Waals surface area contributed by atoms with Crippen molar-refractivity contribution in [3.63, 3.8) is 0 Å². The molecule has 4 rings (SSSR count). The average Bonchev–Trinajstić information content (AvgIpc) is 3.44. The molecule has 1 fully saturated rings. The molecule has 1 aliphatic heterocycles. The van der Waals surface area contributed by atoms with E-state index in [1.54, 1.807) is 11.8 Å². The van der Waals surface area contributed by atoms with Crippen LogP contribution in [0.15, 0.2) is 53.7 Å². The smallest absolute Gasteiger partial charge is 0.240 e. The van der Waals surface area contributed by atoms with Gasteiger partial charge in [0.25, 0.3) is 0 Å². The number of rotatable bonds is 6. The quantitative estimate of drug-likeness (QED) is 0.581. The summed E-state index contributed by atoms with van der Waals surface area (Å²) >= 11 is 1.37. The van der Waals surface area contributed by atoms with Crippen LogP contribution in [0.25, 0.3) is 5.69 Å². The Bertz CT molecular complexity index is 986. The van der Waals surface area contributed by atoms with Crippen molar-refractivity contribution in [2.24, 2.45) is 0 Å². The molecule has 0 spiro atoms. The van der Waals surface area contributed by atoms with Gasteiger partial charge in [-0.2, -0.15) is 4.68 Å². The molecule has 0 radical (unpaired) electrons. The molecule has 8 heteroatoms. The van der Waals surface area contributed by atoms with Gasteiger partial charge < -0.3 is 9.64 Å². The first-order valence-corrected chi connectivity index (χ1v) is 10.5. The number of methoxy groups -OCH3 is 1. The SMILES string of the molecule is COc1ccc(C)cc1-n1nnnc1S[C@@H](C(=O)N1CCCC1)c1ccccc1. The van der Waals surface area contributed by atoms with Crippen LogP contribution in [0.2, 0.25) is 0 Å². The highest BCUT2D eigenvalue weighted by Gasteiger charge is 2.30. The third kappa shape index (κ3) is 4.12. The molecule has 2 heterocycles. The number of carbonyl (C=O) groups is 1. The predicted molar refractivity (Wildman–Crippen MR) is 111 cm³/mol. The van der Waals surface area contributed by atoms with Crippen LogP contribution in [-0.2, 0) is 4.79 Å². The number of aryl methyl sites for hydroxylation is 1. The van der Waals surface area contributed by atoms with E-state index < -0.39 is 5.25 Å². The summed E-state index contributed by atoms with van der Waals surface area (Å²) in [6, 6.07) is 15.7. The monoisotopic (exact) mass is 409 g/mol. The van der Waals surface area contributed by atoms with E-state index in [9.17, 15) is 4.79 Å². The maximum atomic E-state index is 13.3. The number of carbonyl (C=O) groups excluding carboxylic acids is 1. The number of ether oxygens (including phenoxy) is 1. The Kier molecular flexibility index (Phi) is 5.80. The van der Waals surface area contributed by atoms with E-state index >= 15 is 0 Å². The Morgan fingerprint density at radius 2 is 1.90 bits per heavy atom. The molecule has 1 amide bonds. The minimum atomic E-state index is -0.408. The number of hydrogen-bond acceptors (Lipinski definition) is 6. The van der Waals surface area contributed by atoms with Crippen molar-refractivity contribution in [3.8, 4) is 11.4 Å². The van der Waals surface area contributed by atoms with Crippen LogP contribution in [0, 0.1) is 6.92 Å². The second-order valence-electron chi connectivity index (χ2n) is 6.99. The number of hydrogen-bond donors (Lipinski definition) is 0. The van der Waals surface area contributed by atoms with Crippen molar-refractivity contribution in [2.75, 3.05) is 20.2 Å². The molecule has 3 aromatic rings. The van der Waals surface area contributed by atoms with Crippen LogP contribution in [0.3, 0.4) is 0 Å². The molecule has 7 nitrogen and oxygen atoms in total. The fraction of sp³-hybridized carbons (Fsp3) is 0.333. The van der Waals surface area contributed by atoms with E-state index in [2.05, 4.69) is 15.5 Å². The van der Waals surface area contributed by atoms with Gasteiger partial charge in [0.1, 0.15) is 16.7 Å². The number of benzene rings is 2. The largest absolute Gasteiger partial charge is 0.494 e. The number of tetrazole rings is 1. The van der Waals surface area contributed by atoms with Crippen LogP contribution in [-0.4, -0.2) is 51.2 Å². The highest BCUT2D eigenvalue weighted by molar-refractivity contribution is 8.00. The summed E-state index contributed by atoms with van der Waals surface area (Å²) in [7, 11) is 1.62. The van der Waals surface area contributed by atoms with Crippen molar-refractivity contribution >= 4 is 17.7 Å². The summed E-state index contributed by atoms with van der Waals surface area (Å²) in [5, 5.41) is 12.4. The van der Waals surface area contributed by atoms with Gasteiger partial charge in [-0.1, -0.05) is 48.2 Å². The number of nitrogens with zero attached hydrogens (tertiary/aromatic N) is 5. The molecule has 0 bridgehead atoms. The molecular formula is C21H23N5O2S. The lowest BCUT2D eigenvalue weighted by Gasteiger charge is -2.22. The summed E-state index contributed by atoms with van der Waals surface area (Å²) in [6.45, 7) is 3.61. The second kappa shape index (κ2) is 8.65. The maximum absolute atomic E-state index is 13.3. The number of thioether (sulfide) groups is 1. The minimum absolute atomic E-state index is 0.101. The zero-order valence-electron chi connectivity index (χ0n) is 16.5. The van der Waals surface area contributed by atoms with E-state index in [1.807, 2.05) is 60.4 Å². The highest BCUT2D eigenvalue weighted by Crippen LogP contribution is 2.38. The van der Waals surface area contributed by atoms with Gasteiger partial charge in [0.05, 0.1) is 7.11 Å². The number of likely N-dealkylation sites (tertiary alicyclic amines) is 1. The Balaban J connectivity index is 1.70. The Hall–Kier alpha value is -2.87. The molecular weight excluding hydrogens is 386 g/mol. The molecule has 2 aromatic carbocycles. The minimum Gasteiger partial charge on any atom is -0.494 e. The third-order valence-electron chi connectivity index (χ3n) is 4.97. The van der Waals surface area contributed by atoms with Gasteiger partial charge in [0.15, 0.2) is 0 Å². The molecule has 1 aliphatic rings. The molecule has 29 heavy (non-hydrogen) atoms. The lowest BCUT2D eigenvalue weighted by atomic mass is 10.1. The van der Waals surface area contributed by atoms with Crippen LogP contribution in [0.1, 0.15) is 29.2 Å². The summed E-state index contributed by atoms with van der Waals surface area (Å²) in [5.74, 6) is 0.774. The van der Waals surface area contributed by atoms with Crippen molar-refractivity contribution in [1.82, 2.24) is 25.1 Å². The molecule has 1 atom stereocenters. The van der Waals surface area contributed by atoms with Gasteiger partial charge in [0.2, 0.25) is 11.1 Å². The lowest BCUT2D eigenvalue weighted by Crippen LogP contribution is -2.31. The van der Waals surface area contributed by atoms with E-state index in [0.29, 0.717) is 10.9 Å². The summed E-state index contributed by atoms with van der Waals surface area (Å²) < 4.78 is 7.14. The fourth-order valence-electron chi connectivity index (χ4n) is 3.47. The number of amides is 1. The van der Waals surface area contributed by atoms with Gasteiger partial charge >= 0.3 is 0 Å². The van der Waals surface area contributed by atoms with E-state index in [-0.39, 0.29) is 5.91 Å². The summed E-state index contributed by atoms with van der Waals surface area (Å²) in [5.41, 5.74) is 2.76. The van der Waals surface area contributed by atoms with Crippen molar-refractivity contribution in [2.45, 2.75) is 30.2 Å². The molecule has 0 aliphatic carbocycles. The van der Waals surface area contributed by atoms with Crippen molar-refractivity contribution in [3.05, 3.63) is 59.7 Å². The van der Waals surface area contributed by atoms with Gasteiger partial charge in [-0.3, -0.25) is 4.79 Å². The topological polar surface area (TPSA) is 73.1 Å². The van der Waals surface area contributed by atoms with Crippen molar-refractivity contribution < 1.29 is 9.53 Å². The second-order valence-corrected chi connectivity index (χ2v) is 8.06. The first-order valence-electron chi connectivity index (χ1n) is 9.61. The average molecular weight is 410 g/mol. The molecule has 1 saturated heterocycles. The first-order chi connectivity index (χ1) is 14.2. The predicted octanol–water partition coefficient (Wildman–Crippen LogP) is 3.44. The number of aromatic nitrogens is 4. The van der Waals surface area contributed by atoms with Gasteiger partial charge in [-0.25, -0.2) is 0 Å².